The number of nitrogens with one attached hydrogen (secondary N) is 1. The first-order valence-corrected chi connectivity index (χ1v) is 10.7. The number of sulfonamides is 1. The Labute approximate surface area is 177 Å². The molecule has 28 heavy (non-hydrogen) atoms. The van der Waals surface area contributed by atoms with Crippen molar-refractivity contribution in [3.05, 3.63) is 57.0 Å². The molecule has 0 heterocycles. The molecule has 150 valence electrons. The van der Waals surface area contributed by atoms with E-state index in [0.717, 1.165) is 10.6 Å². The third-order valence-electron chi connectivity index (χ3n) is 3.45. The lowest BCUT2D eigenvalue weighted by atomic mass is 10.2. The van der Waals surface area contributed by atoms with E-state index < -0.39 is 22.5 Å². The molecule has 0 aromatic heterocycles. The van der Waals surface area contributed by atoms with Crippen LogP contribution in [0.15, 0.2) is 41.5 Å². The van der Waals surface area contributed by atoms with Crippen molar-refractivity contribution in [2.24, 2.45) is 5.10 Å². The molecule has 0 spiro atoms. The first kappa shape index (κ1) is 22.3. The molecule has 0 aliphatic carbocycles. The Kier molecular flexibility index (Phi) is 7.54. The number of hydrogen-bond acceptors (Lipinski definition) is 5. The summed E-state index contributed by atoms with van der Waals surface area (Å²) in [5, 5.41) is 4.90. The quantitative estimate of drug-likeness (QED) is 0.501. The zero-order chi connectivity index (χ0) is 20.9. The van der Waals surface area contributed by atoms with E-state index in [4.69, 9.17) is 39.5 Å². The summed E-state index contributed by atoms with van der Waals surface area (Å²) in [7, 11) is -2.42. The van der Waals surface area contributed by atoms with E-state index in [9.17, 15) is 13.2 Å². The van der Waals surface area contributed by atoms with E-state index in [-0.39, 0.29) is 11.4 Å². The molecular formula is C17H16Cl3N3O4S. The van der Waals surface area contributed by atoms with Crippen molar-refractivity contribution in [1.29, 1.82) is 0 Å². The highest BCUT2D eigenvalue weighted by Gasteiger charge is 2.24. The normalized spacial score (nSPS) is 11.5. The second-order valence-electron chi connectivity index (χ2n) is 5.54. The second kappa shape index (κ2) is 9.47. The number of nitrogens with zero attached hydrogens (tertiary/aromatic N) is 2. The molecule has 0 atom stereocenters. The van der Waals surface area contributed by atoms with Crippen LogP contribution in [0.1, 0.15) is 5.56 Å². The molecule has 0 saturated heterocycles. The largest absolute Gasteiger partial charge is 0.495 e. The lowest BCUT2D eigenvalue weighted by molar-refractivity contribution is -0.119. The van der Waals surface area contributed by atoms with Crippen LogP contribution in [0.3, 0.4) is 0 Å². The van der Waals surface area contributed by atoms with Crippen LogP contribution < -0.4 is 14.5 Å². The number of carbonyl (C=O) groups excluding carboxylic acids is 1. The highest BCUT2D eigenvalue weighted by molar-refractivity contribution is 7.92. The van der Waals surface area contributed by atoms with Crippen molar-refractivity contribution in [3.63, 3.8) is 0 Å². The number of hydrogen-bond donors (Lipinski definition) is 1. The lowest BCUT2D eigenvalue weighted by Gasteiger charge is -2.23. The van der Waals surface area contributed by atoms with E-state index in [0.29, 0.717) is 20.6 Å². The van der Waals surface area contributed by atoms with Gasteiger partial charge in [0.2, 0.25) is 10.0 Å². The first-order chi connectivity index (χ1) is 13.1. The molecule has 2 rings (SSSR count). The summed E-state index contributed by atoms with van der Waals surface area (Å²) in [5.41, 5.74) is 2.92. The number of halogens is 3. The predicted octanol–water partition coefficient (Wildman–Crippen LogP) is 3.57. The summed E-state index contributed by atoms with van der Waals surface area (Å²) in [6, 6.07) is 9.22. The van der Waals surface area contributed by atoms with Crippen LogP contribution in [0.5, 0.6) is 5.75 Å². The third kappa shape index (κ3) is 6.00. The van der Waals surface area contributed by atoms with Gasteiger partial charge in [-0.15, -0.1) is 0 Å². The van der Waals surface area contributed by atoms with Gasteiger partial charge < -0.3 is 4.74 Å². The Bertz CT molecular complexity index is 1010. The number of methoxy groups -OCH3 is 1. The van der Waals surface area contributed by atoms with Crippen LogP contribution in [0.2, 0.25) is 15.1 Å². The summed E-state index contributed by atoms with van der Waals surface area (Å²) < 4.78 is 30.4. The third-order valence-corrected chi connectivity index (χ3v) is 5.38. The van der Waals surface area contributed by atoms with E-state index in [1.54, 1.807) is 18.2 Å². The lowest BCUT2D eigenvalue weighted by Crippen LogP contribution is -2.39. The Morgan fingerprint density at radius 1 is 1.18 bits per heavy atom. The van der Waals surface area contributed by atoms with Gasteiger partial charge in [-0.05, 0) is 30.3 Å². The maximum absolute atomic E-state index is 12.2. The fourth-order valence-electron chi connectivity index (χ4n) is 2.18. The molecule has 11 heteroatoms. The topological polar surface area (TPSA) is 88.1 Å². The minimum Gasteiger partial charge on any atom is -0.495 e. The highest BCUT2D eigenvalue weighted by Crippen LogP contribution is 2.32. The van der Waals surface area contributed by atoms with Gasteiger partial charge in [-0.3, -0.25) is 9.10 Å². The van der Waals surface area contributed by atoms with Crippen LogP contribution in [0.25, 0.3) is 0 Å². The van der Waals surface area contributed by atoms with Crippen LogP contribution in [-0.2, 0) is 14.8 Å². The minimum absolute atomic E-state index is 0.136. The van der Waals surface area contributed by atoms with Crippen LogP contribution >= 0.6 is 34.8 Å². The molecule has 0 radical (unpaired) electrons. The average molecular weight is 465 g/mol. The molecule has 1 N–H and O–H groups in total. The van der Waals surface area contributed by atoms with E-state index in [1.807, 2.05) is 0 Å². The number of carbonyl (C=O) groups is 1. The van der Waals surface area contributed by atoms with E-state index in [1.165, 1.54) is 31.5 Å². The van der Waals surface area contributed by atoms with Crippen LogP contribution in [0.4, 0.5) is 5.69 Å². The molecule has 0 fully saturated rings. The van der Waals surface area contributed by atoms with Crippen LogP contribution in [-0.4, -0.2) is 40.4 Å². The SMILES string of the molecule is COc1ccc(Cl)cc1N(CC(=O)N/N=C\c1ccc(Cl)cc1Cl)S(C)(=O)=O. The second-order valence-corrected chi connectivity index (χ2v) is 8.73. The Balaban J connectivity index is 2.18. The molecule has 1 amide bonds. The molecule has 2 aromatic carbocycles. The zero-order valence-corrected chi connectivity index (χ0v) is 17.9. The van der Waals surface area contributed by atoms with Gasteiger partial charge in [0.1, 0.15) is 12.3 Å². The van der Waals surface area contributed by atoms with E-state index >= 15 is 0 Å². The molecular weight excluding hydrogens is 449 g/mol. The molecule has 0 saturated carbocycles. The summed E-state index contributed by atoms with van der Waals surface area (Å²) in [5.74, 6) is -0.423. The molecule has 0 aliphatic heterocycles. The molecule has 2 aromatic rings. The van der Waals surface area contributed by atoms with Gasteiger partial charge in [-0.25, -0.2) is 13.8 Å². The van der Waals surface area contributed by atoms with Crippen molar-refractivity contribution in [2.75, 3.05) is 24.2 Å². The number of benzene rings is 2. The van der Waals surface area contributed by atoms with Gasteiger partial charge in [0.25, 0.3) is 5.91 Å². The van der Waals surface area contributed by atoms with Crippen molar-refractivity contribution in [2.45, 2.75) is 0 Å². The standard InChI is InChI=1S/C17H16Cl3N3O4S/c1-27-16-6-5-13(19)8-15(16)23(28(2,25)26)10-17(24)22-21-9-11-3-4-12(18)7-14(11)20/h3-9H,10H2,1-2H3,(H,22,24)/b21-9-. The van der Waals surface area contributed by atoms with Gasteiger partial charge >= 0.3 is 0 Å². The molecule has 0 aliphatic rings. The number of anilines is 1. The average Bonchev–Trinajstić information content (AvgIpc) is 2.60. The Hall–Kier alpha value is -2.00. The van der Waals surface area contributed by atoms with Gasteiger partial charge in [0.15, 0.2) is 0 Å². The molecule has 0 bridgehead atoms. The van der Waals surface area contributed by atoms with Gasteiger partial charge in [0, 0.05) is 15.6 Å². The number of hydrazone groups is 1. The summed E-state index contributed by atoms with van der Waals surface area (Å²) >= 11 is 17.8. The monoisotopic (exact) mass is 463 g/mol. The van der Waals surface area contributed by atoms with Crippen molar-refractivity contribution >= 4 is 62.6 Å². The molecule has 0 unspecified atom stereocenters. The van der Waals surface area contributed by atoms with Crippen molar-refractivity contribution in [1.82, 2.24) is 5.43 Å². The number of rotatable bonds is 7. The van der Waals surface area contributed by atoms with Gasteiger partial charge in [-0.1, -0.05) is 40.9 Å². The minimum atomic E-state index is -3.80. The van der Waals surface area contributed by atoms with Crippen molar-refractivity contribution in [3.8, 4) is 5.75 Å². The summed E-state index contributed by atoms with van der Waals surface area (Å²) in [4.78, 5) is 12.2. The van der Waals surface area contributed by atoms with Crippen LogP contribution in [0, 0.1) is 0 Å². The maximum Gasteiger partial charge on any atom is 0.260 e. The van der Waals surface area contributed by atoms with Gasteiger partial charge in [0.05, 0.1) is 30.3 Å². The Morgan fingerprint density at radius 3 is 2.43 bits per heavy atom. The number of amides is 1. The number of ether oxygens (including phenoxy) is 1. The molecule has 7 nitrogen and oxygen atoms in total. The summed E-state index contributed by atoms with van der Waals surface area (Å²) in [6.07, 6.45) is 2.29. The Morgan fingerprint density at radius 2 is 1.82 bits per heavy atom. The maximum atomic E-state index is 12.2. The van der Waals surface area contributed by atoms with Crippen molar-refractivity contribution < 1.29 is 17.9 Å². The highest BCUT2D eigenvalue weighted by atomic mass is 35.5. The zero-order valence-electron chi connectivity index (χ0n) is 14.8. The fraction of sp³-hybridized carbons (Fsp3) is 0.176. The summed E-state index contributed by atoms with van der Waals surface area (Å²) in [6.45, 7) is -0.527. The first-order valence-electron chi connectivity index (χ1n) is 7.70. The smallest absolute Gasteiger partial charge is 0.260 e. The fourth-order valence-corrected chi connectivity index (χ4v) is 3.66. The predicted molar refractivity (Wildman–Crippen MR) is 112 cm³/mol. The van der Waals surface area contributed by atoms with E-state index in [2.05, 4.69) is 10.5 Å². The van der Waals surface area contributed by atoms with Gasteiger partial charge in [-0.2, -0.15) is 5.10 Å².